The maximum Gasteiger partial charge on any atom is 0.358 e. The van der Waals surface area contributed by atoms with Gasteiger partial charge in [-0.1, -0.05) is 6.07 Å². The Bertz CT molecular complexity index is 642. The van der Waals surface area contributed by atoms with Gasteiger partial charge in [0.15, 0.2) is 5.69 Å². The number of piperidine rings is 1. The summed E-state index contributed by atoms with van der Waals surface area (Å²) >= 11 is 0. The molecule has 1 fully saturated rings. The minimum absolute atomic E-state index is 0.367. The third-order valence-corrected chi connectivity index (χ3v) is 3.97. The van der Waals surface area contributed by atoms with Crippen LogP contribution in [0, 0.1) is 6.92 Å². The second-order valence-corrected chi connectivity index (χ2v) is 5.22. The lowest BCUT2D eigenvalue weighted by Gasteiger charge is -2.22. The lowest BCUT2D eigenvalue weighted by molar-refractivity contribution is 0.0596. The molecule has 20 heavy (non-hydrogen) atoms. The minimum Gasteiger partial charge on any atom is -0.464 e. The largest absolute Gasteiger partial charge is 0.464 e. The molecule has 1 aliphatic rings. The van der Waals surface area contributed by atoms with Gasteiger partial charge in [0, 0.05) is 11.6 Å². The zero-order valence-corrected chi connectivity index (χ0v) is 11.8. The Morgan fingerprint density at radius 2 is 2.15 bits per heavy atom. The molecule has 0 radical (unpaired) electrons. The molecule has 1 N–H and O–H groups in total. The summed E-state index contributed by atoms with van der Waals surface area (Å²) < 4.78 is 6.96. The van der Waals surface area contributed by atoms with Crippen molar-refractivity contribution in [3.63, 3.8) is 0 Å². The molecule has 1 saturated heterocycles. The van der Waals surface area contributed by atoms with E-state index >= 15 is 0 Å². The zero-order valence-electron chi connectivity index (χ0n) is 11.8. The number of pyridine rings is 1. The highest BCUT2D eigenvalue weighted by Gasteiger charge is 2.25. The van der Waals surface area contributed by atoms with Crippen LogP contribution in [-0.2, 0) is 4.74 Å². The van der Waals surface area contributed by atoms with Crippen molar-refractivity contribution in [1.29, 1.82) is 0 Å². The Morgan fingerprint density at radius 3 is 2.85 bits per heavy atom. The predicted octanol–water partition coefficient (Wildman–Crippen LogP) is 1.90. The van der Waals surface area contributed by atoms with Crippen LogP contribution in [0.5, 0.6) is 0 Å². The van der Waals surface area contributed by atoms with Crippen LogP contribution in [0.1, 0.15) is 40.8 Å². The Morgan fingerprint density at radius 1 is 1.40 bits per heavy atom. The third-order valence-electron chi connectivity index (χ3n) is 3.97. The summed E-state index contributed by atoms with van der Waals surface area (Å²) in [6, 6.07) is 5.92. The fourth-order valence-electron chi connectivity index (χ4n) is 2.93. The highest BCUT2D eigenvalue weighted by molar-refractivity contribution is 5.95. The maximum absolute atomic E-state index is 11.9. The summed E-state index contributed by atoms with van der Waals surface area (Å²) in [5.41, 5.74) is 2.36. The van der Waals surface area contributed by atoms with Crippen molar-refractivity contribution >= 4 is 11.5 Å². The average molecular weight is 273 g/mol. The average Bonchev–Trinajstić information content (AvgIpc) is 2.88. The number of fused-ring (bicyclic) bond motifs is 1. The number of aromatic nitrogens is 2. The van der Waals surface area contributed by atoms with Crippen LogP contribution < -0.4 is 5.32 Å². The highest BCUT2D eigenvalue weighted by atomic mass is 16.5. The van der Waals surface area contributed by atoms with E-state index in [1.807, 2.05) is 25.1 Å². The topological polar surface area (TPSA) is 55.6 Å². The normalized spacial score (nSPS) is 16.5. The smallest absolute Gasteiger partial charge is 0.358 e. The van der Waals surface area contributed by atoms with Crippen LogP contribution in [0.2, 0.25) is 0 Å². The number of esters is 1. The van der Waals surface area contributed by atoms with E-state index in [9.17, 15) is 4.79 Å². The van der Waals surface area contributed by atoms with E-state index in [0.717, 1.165) is 43.0 Å². The molecular weight excluding hydrogens is 254 g/mol. The van der Waals surface area contributed by atoms with Gasteiger partial charge in [0.1, 0.15) is 5.82 Å². The van der Waals surface area contributed by atoms with Crippen molar-refractivity contribution in [2.75, 3.05) is 20.2 Å². The summed E-state index contributed by atoms with van der Waals surface area (Å²) in [5, 5.41) is 3.36. The lowest BCUT2D eigenvalue weighted by Crippen LogP contribution is -2.27. The maximum atomic E-state index is 11.9. The van der Waals surface area contributed by atoms with E-state index in [-0.39, 0.29) is 5.97 Å². The molecule has 5 nitrogen and oxygen atoms in total. The molecule has 0 spiro atoms. The van der Waals surface area contributed by atoms with E-state index in [1.54, 1.807) is 0 Å². The monoisotopic (exact) mass is 273 g/mol. The number of ether oxygens (including phenoxy) is 1. The molecule has 0 unspecified atom stereocenters. The fraction of sp³-hybridized carbons (Fsp3) is 0.467. The number of carbonyl (C=O) groups excluding carboxylic acids is 1. The van der Waals surface area contributed by atoms with Gasteiger partial charge in [0.2, 0.25) is 0 Å². The van der Waals surface area contributed by atoms with Gasteiger partial charge in [-0.05, 0) is 45.0 Å². The molecule has 3 heterocycles. The summed E-state index contributed by atoms with van der Waals surface area (Å²) in [7, 11) is 1.40. The van der Waals surface area contributed by atoms with Crippen LogP contribution >= 0.6 is 0 Å². The summed E-state index contributed by atoms with van der Waals surface area (Å²) in [6.45, 7) is 4.04. The molecule has 3 rings (SSSR count). The number of imidazole rings is 1. The number of nitrogens with zero attached hydrogens (tertiary/aromatic N) is 2. The number of nitrogens with one attached hydrogen (secondary N) is 1. The van der Waals surface area contributed by atoms with E-state index in [4.69, 9.17) is 4.74 Å². The van der Waals surface area contributed by atoms with Crippen LogP contribution in [0.25, 0.3) is 5.52 Å². The van der Waals surface area contributed by atoms with Gasteiger partial charge in [0.05, 0.1) is 12.6 Å². The lowest BCUT2D eigenvalue weighted by atomic mass is 9.97. The van der Waals surface area contributed by atoms with Crippen molar-refractivity contribution in [1.82, 2.24) is 14.7 Å². The Hall–Kier alpha value is -1.88. The fourth-order valence-corrected chi connectivity index (χ4v) is 2.93. The number of aryl methyl sites for hydroxylation is 1. The molecule has 0 aromatic carbocycles. The molecule has 106 valence electrons. The first-order valence-electron chi connectivity index (χ1n) is 6.99. The molecule has 0 amide bonds. The van der Waals surface area contributed by atoms with Gasteiger partial charge in [-0.25, -0.2) is 9.78 Å². The SMILES string of the molecule is COC(=O)c1nc(C2CCNCC2)n2c(C)cccc12. The van der Waals surface area contributed by atoms with Crippen molar-refractivity contribution < 1.29 is 9.53 Å². The second-order valence-electron chi connectivity index (χ2n) is 5.22. The van der Waals surface area contributed by atoms with Gasteiger partial charge in [0.25, 0.3) is 0 Å². The standard InChI is InChI=1S/C15H19N3O2/c1-10-4-3-5-12-13(15(19)20-2)17-14(18(10)12)11-6-8-16-9-7-11/h3-5,11,16H,6-9H2,1-2H3. The molecule has 1 aliphatic heterocycles. The van der Waals surface area contributed by atoms with E-state index in [2.05, 4.69) is 14.7 Å². The number of hydrogen-bond donors (Lipinski definition) is 1. The Kier molecular flexibility index (Phi) is 3.44. The number of rotatable bonds is 2. The van der Waals surface area contributed by atoms with Gasteiger partial charge < -0.3 is 10.1 Å². The molecule has 5 heteroatoms. The van der Waals surface area contributed by atoms with Crippen molar-refractivity contribution in [2.24, 2.45) is 0 Å². The molecule has 2 aromatic heterocycles. The number of methoxy groups -OCH3 is 1. The predicted molar refractivity (Wildman–Crippen MR) is 76.1 cm³/mol. The van der Waals surface area contributed by atoms with Crippen molar-refractivity contribution in [2.45, 2.75) is 25.7 Å². The summed E-state index contributed by atoms with van der Waals surface area (Å²) in [5.74, 6) is 1.01. The van der Waals surface area contributed by atoms with Crippen molar-refractivity contribution in [3.05, 3.63) is 35.4 Å². The van der Waals surface area contributed by atoms with Crippen LogP contribution in [0.3, 0.4) is 0 Å². The summed E-state index contributed by atoms with van der Waals surface area (Å²) in [4.78, 5) is 16.5. The van der Waals surface area contributed by atoms with Gasteiger partial charge >= 0.3 is 5.97 Å². The number of hydrogen-bond acceptors (Lipinski definition) is 4. The molecular formula is C15H19N3O2. The van der Waals surface area contributed by atoms with Gasteiger partial charge in [-0.15, -0.1) is 0 Å². The third kappa shape index (κ3) is 2.08. The molecule has 0 aliphatic carbocycles. The molecule has 2 aromatic rings. The van der Waals surface area contributed by atoms with Crippen LogP contribution in [0.4, 0.5) is 0 Å². The highest BCUT2D eigenvalue weighted by Crippen LogP contribution is 2.28. The van der Waals surface area contributed by atoms with Crippen LogP contribution in [0.15, 0.2) is 18.2 Å². The first-order valence-corrected chi connectivity index (χ1v) is 6.99. The quantitative estimate of drug-likeness (QED) is 0.849. The van der Waals surface area contributed by atoms with E-state index in [0.29, 0.717) is 11.6 Å². The minimum atomic E-state index is -0.367. The first kappa shape index (κ1) is 13.1. The Balaban J connectivity index is 2.18. The van der Waals surface area contributed by atoms with Crippen LogP contribution in [-0.4, -0.2) is 35.6 Å². The second kappa shape index (κ2) is 5.25. The molecule has 0 bridgehead atoms. The Labute approximate surface area is 118 Å². The zero-order chi connectivity index (χ0) is 14.1. The van der Waals surface area contributed by atoms with E-state index < -0.39 is 0 Å². The molecule has 0 atom stereocenters. The van der Waals surface area contributed by atoms with E-state index in [1.165, 1.54) is 7.11 Å². The number of carbonyl (C=O) groups is 1. The molecule has 0 saturated carbocycles. The van der Waals surface area contributed by atoms with Crippen molar-refractivity contribution in [3.8, 4) is 0 Å². The summed E-state index contributed by atoms with van der Waals surface area (Å²) in [6.07, 6.45) is 2.10. The first-order chi connectivity index (χ1) is 9.72. The van der Waals surface area contributed by atoms with Gasteiger partial charge in [-0.2, -0.15) is 0 Å². The van der Waals surface area contributed by atoms with Gasteiger partial charge in [-0.3, -0.25) is 4.40 Å².